The average molecular weight is 172 g/mol. The molecular formula is C9H16O3. The second kappa shape index (κ2) is 5.77. The minimum absolute atomic E-state index is 0.600. The van der Waals surface area contributed by atoms with Crippen molar-refractivity contribution in [2.75, 3.05) is 0 Å². The molecule has 3 nitrogen and oxygen atoms in total. The fourth-order valence-electron chi connectivity index (χ4n) is 1.01. The summed E-state index contributed by atoms with van der Waals surface area (Å²) in [4.78, 5) is 14.7. The highest BCUT2D eigenvalue weighted by molar-refractivity contribution is 5.88. The molecule has 0 saturated heterocycles. The first-order valence-electron chi connectivity index (χ1n) is 4.21. The van der Waals surface area contributed by atoms with Gasteiger partial charge in [-0.3, -0.25) is 4.89 Å². The van der Waals surface area contributed by atoms with Crippen LogP contribution in [-0.2, 0) is 9.68 Å². The van der Waals surface area contributed by atoms with E-state index in [9.17, 15) is 4.79 Å². The normalized spacial score (nSPS) is 12.3. The molecule has 0 aliphatic carbocycles. The fraction of sp³-hybridized carbons (Fsp3) is 0.667. The van der Waals surface area contributed by atoms with Crippen LogP contribution in [0.3, 0.4) is 0 Å². The molecule has 0 amide bonds. The van der Waals surface area contributed by atoms with Gasteiger partial charge >= 0.3 is 5.97 Å². The van der Waals surface area contributed by atoms with Gasteiger partial charge in [0.2, 0.25) is 0 Å². The molecule has 3 heteroatoms. The third-order valence-electron chi connectivity index (χ3n) is 1.87. The van der Waals surface area contributed by atoms with Crippen molar-refractivity contribution in [3.63, 3.8) is 0 Å². The van der Waals surface area contributed by atoms with Gasteiger partial charge in [-0.1, -0.05) is 25.8 Å². The molecule has 0 aliphatic heterocycles. The Balaban J connectivity index is 4.52. The van der Waals surface area contributed by atoms with Crippen LogP contribution in [0, 0.1) is 0 Å². The highest BCUT2D eigenvalue weighted by Gasteiger charge is 2.12. The molecule has 0 heterocycles. The minimum atomic E-state index is -0.615. The first-order valence-corrected chi connectivity index (χ1v) is 4.21. The zero-order chi connectivity index (χ0) is 9.56. The van der Waals surface area contributed by atoms with Gasteiger partial charge in [0.05, 0.1) is 0 Å². The van der Waals surface area contributed by atoms with E-state index in [0.717, 1.165) is 18.4 Å². The smallest absolute Gasteiger partial charge is 0.296 e. The number of hydrogen-bond donors (Lipinski definition) is 1. The first-order chi connectivity index (χ1) is 5.67. The summed E-state index contributed by atoms with van der Waals surface area (Å²) in [6.45, 7) is 5.82. The summed E-state index contributed by atoms with van der Waals surface area (Å²) in [6, 6.07) is 0. The second-order valence-corrected chi connectivity index (χ2v) is 2.74. The van der Waals surface area contributed by atoms with E-state index in [2.05, 4.69) is 4.89 Å². The molecule has 0 bridgehead atoms. The van der Waals surface area contributed by atoms with Crippen LogP contribution in [0.15, 0.2) is 11.1 Å². The fourth-order valence-corrected chi connectivity index (χ4v) is 1.01. The summed E-state index contributed by atoms with van der Waals surface area (Å²) in [5, 5.41) is 8.19. The maximum absolute atomic E-state index is 11.0. The Morgan fingerprint density at radius 2 is 2.00 bits per heavy atom. The Labute approximate surface area is 73.0 Å². The Morgan fingerprint density at radius 3 is 2.33 bits per heavy atom. The molecule has 12 heavy (non-hydrogen) atoms. The van der Waals surface area contributed by atoms with Crippen LogP contribution >= 0.6 is 0 Å². The Hall–Kier alpha value is -0.830. The molecule has 0 rings (SSSR count). The van der Waals surface area contributed by atoms with Gasteiger partial charge in [0, 0.05) is 5.57 Å². The first kappa shape index (κ1) is 11.2. The maximum atomic E-state index is 11.0. The average Bonchev–Trinajstić information content (AvgIpc) is 2.11. The zero-order valence-corrected chi connectivity index (χ0v) is 7.89. The van der Waals surface area contributed by atoms with Gasteiger partial charge in [0.25, 0.3) is 0 Å². The van der Waals surface area contributed by atoms with Gasteiger partial charge in [0.15, 0.2) is 0 Å². The van der Waals surface area contributed by atoms with Crippen LogP contribution in [0.4, 0.5) is 0 Å². The van der Waals surface area contributed by atoms with E-state index < -0.39 is 5.97 Å². The zero-order valence-electron chi connectivity index (χ0n) is 7.89. The van der Waals surface area contributed by atoms with E-state index in [1.54, 1.807) is 0 Å². The molecule has 0 atom stereocenters. The van der Waals surface area contributed by atoms with Crippen molar-refractivity contribution in [1.82, 2.24) is 0 Å². The largest absolute Gasteiger partial charge is 0.368 e. The monoisotopic (exact) mass is 172 g/mol. The highest BCUT2D eigenvalue weighted by Crippen LogP contribution is 2.14. The predicted octanol–water partition coefficient (Wildman–Crippen LogP) is 2.53. The third-order valence-corrected chi connectivity index (χ3v) is 1.87. The molecule has 0 unspecified atom stereocenters. The van der Waals surface area contributed by atoms with E-state index in [1.807, 2.05) is 20.8 Å². The summed E-state index contributed by atoms with van der Waals surface area (Å²) in [5.41, 5.74) is 1.58. The van der Waals surface area contributed by atoms with E-state index in [-0.39, 0.29) is 0 Å². The lowest BCUT2D eigenvalue weighted by Gasteiger charge is -2.05. The van der Waals surface area contributed by atoms with Crippen LogP contribution in [0.25, 0.3) is 0 Å². The van der Waals surface area contributed by atoms with Crippen molar-refractivity contribution in [2.45, 2.75) is 40.0 Å². The van der Waals surface area contributed by atoms with Crippen molar-refractivity contribution in [3.8, 4) is 0 Å². The van der Waals surface area contributed by atoms with Gasteiger partial charge in [-0.15, -0.1) is 0 Å². The SMILES string of the molecule is CCCC(C(=O)OO)=C(C)CC. The van der Waals surface area contributed by atoms with Crippen LogP contribution < -0.4 is 0 Å². The summed E-state index contributed by atoms with van der Waals surface area (Å²) in [5.74, 6) is -0.615. The van der Waals surface area contributed by atoms with E-state index in [0.29, 0.717) is 12.0 Å². The number of carbonyl (C=O) groups excluding carboxylic acids is 1. The van der Waals surface area contributed by atoms with Crippen molar-refractivity contribution < 1.29 is 14.9 Å². The van der Waals surface area contributed by atoms with Crippen molar-refractivity contribution >= 4 is 5.97 Å². The molecule has 0 aromatic carbocycles. The molecule has 70 valence electrons. The lowest BCUT2D eigenvalue weighted by molar-refractivity contribution is -0.229. The second-order valence-electron chi connectivity index (χ2n) is 2.74. The lowest BCUT2D eigenvalue weighted by atomic mass is 10.0. The summed E-state index contributed by atoms with van der Waals surface area (Å²) >= 11 is 0. The van der Waals surface area contributed by atoms with E-state index in [4.69, 9.17) is 5.26 Å². The third kappa shape index (κ3) is 3.05. The van der Waals surface area contributed by atoms with Crippen LogP contribution in [0.1, 0.15) is 40.0 Å². The lowest BCUT2D eigenvalue weighted by Crippen LogP contribution is -2.07. The quantitative estimate of drug-likeness (QED) is 0.402. The standard InChI is InChI=1S/C9H16O3/c1-4-6-8(7(3)5-2)9(10)12-11/h11H,4-6H2,1-3H3. The molecule has 0 spiro atoms. The van der Waals surface area contributed by atoms with Crippen LogP contribution in [-0.4, -0.2) is 11.2 Å². The van der Waals surface area contributed by atoms with Gasteiger partial charge in [-0.2, -0.15) is 5.26 Å². The highest BCUT2D eigenvalue weighted by atomic mass is 17.1. The summed E-state index contributed by atoms with van der Waals surface area (Å²) in [7, 11) is 0. The number of rotatable bonds is 4. The summed E-state index contributed by atoms with van der Waals surface area (Å²) < 4.78 is 0. The van der Waals surface area contributed by atoms with Gasteiger partial charge < -0.3 is 0 Å². The number of carbonyl (C=O) groups is 1. The van der Waals surface area contributed by atoms with E-state index >= 15 is 0 Å². The summed E-state index contributed by atoms with van der Waals surface area (Å²) in [6.07, 6.45) is 2.35. The van der Waals surface area contributed by atoms with Crippen LogP contribution in [0.2, 0.25) is 0 Å². The molecular weight excluding hydrogens is 156 g/mol. The minimum Gasteiger partial charge on any atom is -0.296 e. The predicted molar refractivity (Wildman–Crippen MR) is 46.6 cm³/mol. The Kier molecular flexibility index (Phi) is 5.37. The maximum Gasteiger partial charge on any atom is 0.368 e. The van der Waals surface area contributed by atoms with Gasteiger partial charge in [-0.25, -0.2) is 4.79 Å². The number of hydrogen-bond acceptors (Lipinski definition) is 3. The van der Waals surface area contributed by atoms with E-state index in [1.165, 1.54) is 0 Å². The Bertz CT molecular complexity index is 182. The van der Waals surface area contributed by atoms with Crippen molar-refractivity contribution in [2.24, 2.45) is 0 Å². The van der Waals surface area contributed by atoms with Crippen molar-refractivity contribution in [1.29, 1.82) is 0 Å². The van der Waals surface area contributed by atoms with Gasteiger partial charge in [-0.05, 0) is 19.8 Å². The topological polar surface area (TPSA) is 46.5 Å². The molecule has 1 N–H and O–H groups in total. The molecule has 0 aromatic rings. The Morgan fingerprint density at radius 1 is 1.42 bits per heavy atom. The molecule has 0 aromatic heterocycles. The van der Waals surface area contributed by atoms with Crippen molar-refractivity contribution in [3.05, 3.63) is 11.1 Å². The molecule has 0 radical (unpaired) electrons. The van der Waals surface area contributed by atoms with Gasteiger partial charge in [0.1, 0.15) is 0 Å². The molecule has 0 fully saturated rings. The molecule has 0 saturated carbocycles. The molecule has 0 aliphatic rings. The number of allylic oxidation sites excluding steroid dienone is 1. The van der Waals surface area contributed by atoms with Crippen LogP contribution in [0.5, 0.6) is 0 Å².